The zero-order valence-electron chi connectivity index (χ0n) is 9.64. The van der Waals surface area contributed by atoms with Crippen molar-refractivity contribution in [2.24, 2.45) is 5.92 Å². The third-order valence-corrected chi connectivity index (χ3v) is 4.09. The van der Waals surface area contributed by atoms with Crippen molar-refractivity contribution in [3.8, 4) is 0 Å². The number of piperidine rings is 3. The Morgan fingerprint density at radius 3 is 2.41 bits per heavy atom. The van der Waals surface area contributed by atoms with Crippen LogP contribution in [0.1, 0.15) is 18.4 Å². The summed E-state index contributed by atoms with van der Waals surface area (Å²) in [5.74, 6) is 0.457. The molecule has 3 heteroatoms. The molecule has 1 aromatic rings. The summed E-state index contributed by atoms with van der Waals surface area (Å²) in [4.78, 5) is 2.30. The molecule has 0 saturated carbocycles. The lowest BCUT2D eigenvalue weighted by Gasteiger charge is -2.45. The smallest absolute Gasteiger partial charge is 0.0965 e. The summed E-state index contributed by atoms with van der Waals surface area (Å²) in [6, 6.07) is 7.75. The molecule has 3 saturated heterocycles. The fourth-order valence-corrected chi connectivity index (χ4v) is 2.93. The molecular weight excluding hydrogens is 234 g/mol. The molecule has 17 heavy (non-hydrogen) atoms. The van der Waals surface area contributed by atoms with E-state index in [1.54, 1.807) is 0 Å². The average molecular weight is 250 g/mol. The van der Waals surface area contributed by atoms with E-state index in [-0.39, 0.29) is 6.10 Å². The van der Waals surface area contributed by atoms with Crippen LogP contribution in [0.3, 0.4) is 0 Å². The SMILES string of the molecule is O[C@@H]1/C(=C/c2ccc(Cl)cc2)N2CCC1CC2. The number of nitrogens with zero attached hydrogens (tertiary/aromatic N) is 1. The first-order chi connectivity index (χ1) is 8.24. The van der Waals surface area contributed by atoms with Crippen molar-refractivity contribution in [2.45, 2.75) is 18.9 Å². The molecule has 4 rings (SSSR count). The van der Waals surface area contributed by atoms with Gasteiger partial charge in [0.15, 0.2) is 0 Å². The summed E-state index contributed by atoms with van der Waals surface area (Å²) in [7, 11) is 0. The van der Waals surface area contributed by atoms with Gasteiger partial charge >= 0.3 is 0 Å². The number of aliphatic hydroxyl groups is 1. The molecule has 3 aliphatic heterocycles. The second-order valence-corrected chi connectivity index (χ2v) is 5.33. The van der Waals surface area contributed by atoms with Crippen LogP contribution < -0.4 is 0 Å². The quantitative estimate of drug-likeness (QED) is 0.827. The number of rotatable bonds is 1. The second kappa shape index (κ2) is 4.35. The van der Waals surface area contributed by atoms with Crippen molar-refractivity contribution in [1.82, 2.24) is 4.90 Å². The predicted octanol–water partition coefficient (Wildman–Crippen LogP) is 2.77. The van der Waals surface area contributed by atoms with Crippen LogP contribution in [-0.4, -0.2) is 29.2 Å². The standard InChI is InChI=1S/C14H16ClNO/c15-12-3-1-10(2-4-12)9-13-14(17)11-5-7-16(13)8-6-11/h1-4,9,11,14,17H,5-8H2/b13-9-/t14-/m0/s1. The van der Waals surface area contributed by atoms with Crippen LogP contribution >= 0.6 is 11.6 Å². The lowest BCUT2D eigenvalue weighted by atomic mass is 9.83. The van der Waals surface area contributed by atoms with E-state index in [9.17, 15) is 5.11 Å². The summed E-state index contributed by atoms with van der Waals surface area (Å²) >= 11 is 5.87. The van der Waals surface area contributed by atoms with Crippen molar-refractivity contribution < 1.29 is 5.11 Å². The van der Waals surface area contributed by atoms with E-state index in [1.807, 2.05) is 24.3 Å². The van der Waals surface area contributed by atoms with Gasteiger partial charge in [0.25, 0.3) is 0 Å². The van der Waals surface area contributed by atoms with Crippen molar-refractivity contribution >= 4 is 17.7 Å². The Morgan fingerprint density at radius 2 is 1.82 bits per heavy atom. The Labute approximate surface area is 107 Å². The maximum atomic E-state index is 10.2. The monoisotopic (exact) mass is 249 g/mol. The van der Waals surface area contributed by atoms with Crippen LogP contribution in [0.2, 0.25) is 5.02 Å². The fraction of sp³-hybridized carbons (Fsp3) is 0.429. The van der Waals surface area contributed by atoms with E-state index in [1.165, 1.54) is 0 Å². The van der Waals surface area contributed by atoms with Gasteiger partial charge in [0.2, 0.25) is 0 Å². The maximum absolute atomic E-state index is 10.2. The minimum Gasteiger partial charge on any atom is -0.387 e. The Morgan fingerprint density at radius 1 is 1.18 bits per heavy atom. The molecule has 1 N–H and O–H groups in total. The summed E-state index contributed by atoms with van der Waals surface area (Å²) in [5, 5.41) is 11.0. The van der Waals surface area contributed by atoms with Gasteiger partial charge in [-0.3, -0.25) is 0 Å². The average Bonchev–Trinajstić information content (AvgIpc) is 2.37. The largest absolute Gasteiger partial charge is 0.387 e. The molecule has 3 heterocycles. The molecule has 0 aromatic heterocycles. The van der Waals surface area contributed by atoms with E-state index in [4.69, 9.17) is 11.6 Å². The van der Waals surface area contributed by atoms with Gasteiger partial charge < -0.3 is 10.0 Å². The third-order valence-electron chi connectivity index (χ3n) is 3.84. The number of aliphatic hydroxyl groups excluding tert-OH is 1. The highest BCUT2D eigenvalue weighted by atomic mass is 35.5. The zero-order valence-corrected chi connectivity index (χ0v) is 10.4. The first kappa shape index (κ1) is 11.1. The summed E-state index contributed by atoms with van der Waals surface area (Å²) in [6.07, 6.45) is 4.05. The van der Waals surface area contributed by atoms with E-state index in [0.29, 0.717) is 5.92 Å². The Hall–Kier alpha value is -0.990. The van der Waals surface area contributed by atoms with Crippen molar-refractivity contribution in [2.75, 3.05) is 13.1 Å². The third kappa shape index (κ3) is 2.07. The van der Waals surface area contributed by atoms with E-state index in [0.717, 1.165) is 42.2 Å². The molecule has 2 nitrogen and oxygen atoms in total. The van der Waals surface area contributed by atoms with Gasteiger partial charge in [-0.05, 0) is 42.5 Å². The number of hydrogen-bond acceptors (Lipinski definition) is 2. The van der Waals surface area contributed by atoms with Gasteiger partial charge in [0, 0.05) is 23.8 Å². The highest BCUT2D eigenvalue weighted by Gasteiger charge is 2.36. The summed E-state index contributed by atoms with van der Waals surface area (Å²) < 4.78 is 0. The molecule has 0 aliphatic carbocycles. The van der Waals surface area contributed by atoms with Crippen LogP contribution in [0.15, 0.2) is 30.0 Å². The van der Waals surface area contributed by atoms with Gasteiger partial charge in [-0.1, -0.05) is 23.7 Å². The minimum atomic E-state index is -0.284. The van der Waals surface area contributed by atoms with Gasteiger partial charge in [0.05, 0.1) is 6.10 Å². The van der Waals surface area contributed by atoms with Crippen LogP contribution in [0, 0.1) is 5.92 Å². The van der Waals surface area contributed by atoms with Crippen molar-refractivity contribution in [3.63, 3.8) is 0 Å². The molecular formula is C14H16ClNO. The molecule has 0 radical (unpaired) electrons. The molecule has 2 bridgehead atoms. The number of fused-ring (bicyclic) bond motifs is 3. The summed E-state index contributed by atoms with van der Waals surface area (Å²) in [5.41, 5.74) is 2.19. The maximum Gasteiger partial charge on any atom is 0.0965 e. The summed E-state index contributed by atoms with van der Waals surface area (Å²) in [6.45, 7) is 2.17. The van der Waals surface area contributed by atoms with Crippen LogP contribution in [0.5, 0.6) is 0 Å². The predicted molar refractivity (Wildman–Crippen MR) is 69.7 cm³/mol. The zero-order chi connectivity index (χ0) is 11.8. The van der Waals surface area contributed by atoms with Crippen LogP contribution in [0.4, 0.5) is 0 Å². The normalized spacial score (nSPS) is 30.0. The topological polar surface area (TPSA) is 23.5 Å². The van der Waals surface area contributed by atoms with Gasteiger partial charge in [-0.2, -0.15) is 0 Å². The van der Waals surface area contributed by atoms with Crippen LogP contribution in [-0.2, 0) is 0 Å². The molecule has 1 atom stereocenters. The number of halogens is 1. The molecule has 0 unspecified atom stereocenters. The fourth-order valence-electron chi connectivity index (χ4n) is 2.81. The van der Waals surface area contributed by atoms with Crippen LogP contribution in [0.25, 0.3) is 6.08 Å². The Balaban J connectivity index is 1.90. The highest BCUT2D eigenvalue weighted by Crippen LogP contribution is 2.35. The molecule has 90 valence electrons. The first-order valence-electron chi connectivity index (χ1n) is 6.14. The lowest BCUT2D eigenvalue weighted by molar-refractivity contribution is 0.0215. The molecule has 0 spiro atoms. The highest BCUT2D eigenvalue weighted by molar-refractivity contribution is 6.30. The second-order valence-electron chi connectivity index (χ2n) is 4.89. The number of benzene rings is 1. The van der Waals surface area contributed by atoms with Gasteiger partial charge in [0.1, 0.15) is 0 Å². The molecule has 0 amide bonds. The van der Waals surface area contributed by atoms with Gasteiger partial charge in [-0.25, -0.2) is 0 Å². The first-order valence-corrected chi connectivity index (χ1v) is 6.52. The van der Waals surface area contributed by atoms with E-state index >= 15 is 0 Å². The molecule has 3 aliphatic rings. The minimum absolute atomic E-state index is 0.284. The molecule has 1 aromatic carbocycles. The van der Waals surface area contributed by atoms with Crippen molar-refractivity contribution in [1.29, 1.82) is 0 Å². The number of hydrogen-bond donors (Lipinski definition) is 1. The van der Waals surface area contributed by atoms with E-state index in [2.05, 4.69) is 11.0 Å². The van der Waals surface area contributed by atoms with E-state index < -0.39 is 0 Å². The molecule has 3 fully saturated rings. The van der Waals surface area contributed by atoms with Crippen molar-refractivity contribution in [3.05, 3.63) is 40.5 Å². The Kier molecular flexibility index (Phi) is 2.85. The lowest BCUT2D eigenvalue weighted by Crippen LogP contribution is -2.48. The van der Waals surface area contributed by atoms with Gasteiger partial charge in [-0.15, -0.1) is 0 Å². The Bertz CT molecular complexity index is 428.